The monoisotopic (exact) mass is 252 g/mol. The molecule has 90 valence electrons. The highest BCUT2D eigenvalue weighted by Gasteiger charge is 2.24. The zero-order chi connectivity index (χ0) is 10.6. The number of hydrogen-bond acceptors (Lipinski definition) is 3. The summed E-state index contributed by atoms with van der Waals surface area (Å²) in [6, 6.07) is 0.354. The number of amides is 1. The Morgan fingerprint density at radius 3 is 2.60 bits per heavy atom. The number of hydrogen-bond donors (Lipinski definition) is 2. The van der Waals surface area contributed by atoms with Crippen LogP contribution in [0.3, 0.4) is 0 Å². The van der Waals surface area contributed by atoms with Crippen molar-refractivity contribution in [3.05, 3.63) is 0 Å². The standard InChI is InChI=1S/C10H20N2OS.ClH/c1-7(14-2)10(13)12-9-6-4-3-5-8(9)11;/h7-9H,3-6,11H2,1-2H3,(H,12,13);1H/t7?,8-,9-;/m1./s1. The molecule has 0 aromatic heterocycles. The van der Waals surface area contributed by atoms with E-state index < -0.39 is 0 Å². The van der Waals surface area contributed by atoms with Crippen LogP contribution in [0.2, 0.25) is 0 Å². The second-order valence-corrected chi connectivity index (χ2v) is 5.12. The Bertz CT molecular complexity index is 204. The molecular formula is C10H21ClN2OS. The Balaban J connectivity index is 0.00000196. The van der Waals surface area contributed by atoms with Gasteiger partial charge in [-0.1, -0.05) is 12.8 Å². The molecule has 0 bridgehead atoms. The van der Waals surface area contributed by atoms with E-state index in [1.54, 1.807) is 11.8 Å². The van der Waals surface area contributed by atoms with Gasteiger partial charge in [-0.25, -0.2) is 0 Å². The summed E-state index contributed by atoms with van der Waals surface area (Å²) in [5, 5.41) is 3.07. The van der Waals surface area contributed by atoms with Crippen LogP contribution in [0.1, 0.15) is 32.6 Å². The maximum Gasteiger partial charge on any atom is 0.233 e. The normalized spacial score (nSPS) is 27.7. The van der Waals surface area contributed by atoms with E-state index in [1.807, 2.05) is 13.2 Å². The van der Waals surface area contributed by atoms with E-state index in [-0.39, 0.29) is 35.6 Å². The van der Waals surface area contributed by atoms with Crippen molar-refractivity contribution in [2.75, 3.05) is 6.26 Å². The van der Waals surface area contributed by atoms with Gasteiger partial charge in [0.25, 0.3) is 0 Å². The molecule has 1 saturated carbocycles. The van der Waals surface area contributed by atoms with Crippen molar-refractivity contribution in [3.8, 4) is 0 Å². The zero-order valence-corrected chi connectivity index (χ0v) is 11.0. The molecular weight excluding hydrogens is 232 g/mol. The van der Waals surface area contributed by atoms with Crippen LogP contribution in [0, 0.1) is 0 Å². The number of rotatable bonds is 3. The molecule has 0 saturated heterocycles. The van der Waals surface area contributed by atoms with Gasteiger partial charge in [0, 0.05) is 12.1 Å². The molecule has 1 aliphatic rings. The van der Waals surface area contributed by atoms with Gasteiger partial charge in [0.2, 0.25) is 5.91 Å². The summed E-state index contributed by atoms with van der Waals surface area (Å²) in [7, 11) is 0. The lowest BCUT2D eigenvalue weighted by Gasteiger charge is -2.30. The predicted molar refractivity (Wildman–Crippen MR) is 68.6 cm³/mol. The first kappa shape index (κ1) is 15.1. The molecule has 0 aliphatic heterocycles. The van der Waals surface area contributed by atoms with Gasteiger partial charge in [-0.05, 0) is 26.0 Å². The lowest BCUT2D eigenvalue weighted by atomic mass is 9.91. The highest BCUT2D eigenvalue weighted by molar-refractivity contribution is 7.99. The fourth-order valence-electron chi connectivity index (χ4n) is 1.75. The molecule has 3 atom stereocenters. The van der Waals surface area contributed by atoms with E-state index in [0.717, 1.165) is 12.8 Å². The van der Waals surface area contributed by atoms with Crippen LogP contribution in [0.25, 0.3) is 0 Å². The van der Waals surface area contributed by atoms with Gasteiger partial charge in [0.1, 0.15) is 0 Å². The zero-order valence-electron chi connectivity index (χ0n) is 9.36. The Kier molecular flexibility index (Phi) is 7.40. The minimum absolute atomic E-state index is 0. The predicted octanol–water partition coefficient (Wildman–Crippen LogP) is 1.55. The average molecular weight is 253 g/mol. The minimum Gasteiger partial charge on any atom is -0.351 e. The van der Waals surface area contributed by atoms with Crippen molar-refractivity contribution in [2.45, 2.75) is 49.9 Å². The largest absolute Gasteiger partial charge is 0.351 e. The molecule has 5 heteroatoms. The van der Waals surface area contributed by atoms with E-state index in [4.69, 9.17) is 5.73 Å². The quantitative estimate of drug-likeness (QED) is 0.801. The Hall–Kier alpha value is 0.0700. The molecule has 0 spiro atoms. The van der Waals surface area contributed by atoms with Crippen LogP contribution in [0.4, 0.5) is 0 Å². The fourth-order valence-corrected chi connectivity index (χ4v) is 2.03. The van der Waals surface area contributed by atoms with Gasteiger partial charge >= 0.3 is 0 Å². The van der Waals surface area contributed by atoms with Gasteiger partial charge in [0.15, 0.2) is 0 Å². The molecule has 15 heavy (non-hydrogen) atoms. The first-order valence-electron chi connectivity index (χ1n) is 5.24. The summed E-state index contributed by atoms with van der Waals surface area (Å²) in [5.41, 5.74) is 5.95. The lowest BCUT2D eigenvalue weighted by Crippen LogP contribution is -2.51. The van der Waals surface area contributed by atoms with Crippen LogP contribution in [0.15, 0.2) is 0 Å². The summed E-state index contributed by atoms with van der Waals surface area (Å²) >= 11 is 1.57. The van der Waals surface area contributed by atoms with Gasteiger partial charge in [-0.2, -0.15) is 11.8 Å². The van der Waals surface area contributed by atoms with Crippen molar-refractivity contribution in [3.63, 3.8) is 0 Å². The van der Waals surface area contributed by atoms with E-state index in [0.29, 0.717) is 0 Å². The number of halogens is 1. The fraction of sp³-hybridized carbons (Fsp3) is 0.900. The van der Waals surface area contributed by atoms with Gasteiger partial charge in [0.05, 0.1) is 5.25 Å². The average Bonchev–Trinajstić information content (AvgIpc) is 2.20. The molecule has 3 N–H and O–H groups in total. The van der Waals surface area contributed by atoms with E-state index >= 15 is 0 Å². The summed E-state index contributed by atoms with van der Waals surface area (Å²) < 4.78 is 0. The summed E-state index contributed by atoms with van der Waals surface area (Å²) in [6.45, 7) is 1.92. The maximum atomic E-state index is 11.6. The van der Waals surface area contributed by atoms with Gasteiger partial charge < -0.3 is 11.1 Å². The number of carbonyl (C=O) groups is 1. The smallest absolute Gasteiger partial charge is 0.233 e. The van der Waals surface area contributed by atoms with Crippen LogP contribution in [0.5, 0.6) is 0 Å². The lowest BCUT2D eigenvalue weighted by molar-refractivity contribution is -0.121. The molecule has 1 amide bonds. The highest BCUT2D eigenvalue weighted by atomic mass is 35.5. The number of nitrogens with one attached hydrogen (secondary N) is 1. The van der Waals surface area contributed by atoms with Crippen molar-refractivity contribution < 1.29 is 4.79 Å². The van der Waals surface area contributed by atoms with Crippen LogP contribution in [-0.4, -0.2) is 29.5 Å². The second-order valence-electron chi connectivity index (χ2n) is 3.94. The second kappa shape index (κ2) is 7.36. The Morgan fingerprint density at radius 2 is 2.07 bits per heavy atom. The van der Waals surface area contributed by atoms with Gasteiger partial charge in [-0.15, -0.1) is 12.4 Å². The SMILES string of the molecule is CSC(C)C(=O)N[C@@H]1CCCC[C@H]1N.Cl. The first-order valence-corrected chi connectivity index (χ1v) is 6.52. The molecule has 0 heterocycles. The summed E-state index contributed by atoms with van der Waals surface area (Å²) in [6.07, 6.45) is 6.41. The van der Waals surface area contributed by atoms with Crippen molar-refractivity contribution in [1.29, 1.82) is 0 Å². The van der Waals surface area contributed by atoms with Crippen molar-refractivity contribution >= 4 is 30.1 Å². The number of carbonyl (C=O) groups excluding carboxylic acids is 1. The highest BCUT2D eigenvalue weighted by Crippen LogP contribution is 2.17. The third kappa shape index (κ3) is 4.62. The molecule has 3 nitrogen and oxygen atoms in total. The third-order valence-electron chi connectivity index (χ3n) is 2.87. The van der Waals surface area contributed by atoms with E-state index in [9.17, 15) is 4.79 Å². The minimum atomic E-state index is 0. The summed E-state index contributed by atoms with van der Waals surface area (Å²) in [5.74, 6) is 0.125. The molecule has 1 aliphatic carbocycles. The van der Waals surface area contributed by atoms with Crippen molar-refractivity contribution in [1.82, 2.24) is 5.32 Å². The third-order valence-corrected chi connectivity index (χ3v) is 3.79. The summed E-state index contributed by atoms with van der Waals surface area (Å²) in [4.78, 5) is 11.6. The molecule has 1 unspecified atom stereocenters. The Labute approximate surface area is 102 Å². The van der Waals surface area contributed by atoms with E-state index in [2.05, 4.69) is 5.32 Å². The number of nitrogens with two attached hydrogens (primary N) is 1. The topological polar surface area (TPSA) is 55.1 Å². The van der Waals surface area contributed by atoms with Crippen molar-refractivity contribution in [2.24, 2.45) is 5.73 Å². The molecule has 1 fully saturated rings. The van der Waals surface area contributed by atoms with Gasteiger partial charge in [-0.3, -0.25) is 4.79 Å². The molecule has 0 aromatic rings. The molecule has 0 aromatic carbocycles. The maximum absolute atomic E-state index is 11.6. The van der Waals surface area contributed by atoms with Crippen LogP contribution in [-0.2, 0) is 4.79 Å². The first-order chi connectivity index (χ1) is 6.65. The van der Waals surface area contributed by atoms with Crippen LogP contribution >= 0.6 is 24.2 Å². The van der Waals surface area contributed by atoms with Crippen LogP contribution < -0.4 is 11.1 Å². The molecule has 0 radical (unpaired) electrons. The van der Waals surface area contributed by atoms with E-state index in [1.165, 1.54) is 12.8 Å². The number of thioether (sulfide) groups is 1. The Morgan fingerprint density at radius 1 is 1.47 bits per heavy atom. The molecule has 1 rings (SSSR count).